The van der Waals surface area contributed by atoms with E-state index in [-0.39, 0.29) is 23.8 Å². The van der Waals surface area contributed by atoms with E-state index in [4.69, 9.17) is 15.1 Å². The minimum absolute atomic E-state index is 0.0330. The van der Waals surface area contributed by atoms with Crippen LogP contribution >= 0.6 is 0 Å². The van der Waals surface area contributed by atoms with E-state index in [2.05, 4.69) is 15.2 Å². The summed E-state index contributed by atoms with van der Waals surface area (Å²) in [6, 6.07) is 3.44. The maximum Gasteiger partial charge on any atom is 0.251 e. The summed E-state index contributed by atoms with van der Waals surface area (Å²) in [4.78, 5) is 3.91. The van der Waals surface area contributed by atoms with Crippen molar-refractivity contribution in [1.29, 1.82) is 5.26 Å². The fraction of sp³-hybridized carbons (Fsp3) is 0.455. The molecule has 2 rings (SSSR count). The summed E-state index contributed by atoms with van der Waals surface area (Å²) in [6.07, 6.45) is 1.30. The molecule has 112 valence electrons. The highest BCUT2D eigenvalue weighted by Crippen LogP contribution is 2.21. The third kappa shape index (κ3) is 3.87. The van der Waals surface area contributed by atoms with Crippen LogP contribution in [0.1, 0.15) is 19.4 Å². The molecule has 21 heavy (non-hydrogen) atoms. The number of nitrogens with two attached hydrogens (primary N) is 1. The number of hydrogen-bond donors (Lipinski definition) is 1. The summed E-state index contributed by atoms with van der Waals surface area (Å²) < 4.78 is 29.0. The molecule has 2 aromatic rings. The second kappa shape index (κ2) is 5.27. The van der Waals surface area contributed by atoms with Crippen LogP contribution in [0, 0.1) is 16.7 Å². The summed E-state index contributed by atoms with van der Waals surface area (Å²) >= 11 is 0. The van der Waals surface area contributed by atoms with Gasteiger partial charge in [0, 0.05) is 11.5 Å². The molecule has 0 fully saturated rings. The van der Waals surface area contributed by atoms with E-state index >= 15 is 0 Å². The monoisotopic (exact) mass is 310 g/mol. The number of aromatic nitrogens is 4. The SMILES string of the molecule is CC(C)(COc1nn2ncnc2cc1C#N)CS(N)(=O)=O. The van der Waals surface area contributed by atoms with E-state index in [1.165, 1.54) is 17.0 Å². The fourth-order valence-electron chi connectivity index (χ4n) is 1.78. The lowest BCUT2D eigenvalue weighted by molar-refractivity contribution is 0.190. The lowest BCUT2D eigenvalue weighted by Gasteiger charge is -2.23. The predicted octanol–water partition coefficient (Wildman–Crippen LogP) is -0.311. The third-order valence-corrected chi connectivity index (χ3v) is 3.74. The number of primary sulfonamides is 1. The Kier molecular flexibility index (Phi) is 3.80. The average Bonchev–Trinajstić information content (AvgIpc) is 2.79. The van der Waals surface area contributed by atoms with E-state index < -0.39 is 15.4 Å². The number of fused-ring (bicyclic) bond motifs is 1. The topological polar surface area (TPSA) is 136 Å². The Morgan fingerprint density at radius 2 is 2.24 bits per heavy atom. The molecule has 0 unspecified atom stereocenters. The molecule has 2 N–H and O–H groups in total. The Bertz CT molecular complexity index is 805. The number of ether oxygens (including phenoxy) is 1. The second-order valence-corrected chi connectivity index (χ2v) is 6.96. The zero-order valence-corrected chi connectivity index (χ0v) is 12.3. The van der Waals surface area contributed by atoms with Gasteiger partial charge in [-0.1, -0.05) is 13.8 Å². The van der Waals surface area contributed by atoms with Gasteiger partial charge in [-0.2, -0.15) is 5.26 Å². The molecule has 0 aliphatic heterocycles. The first kappa shape index (κ1) is 15.1. The first-order chi connectivity index (χ1) is 9.70. The summed E-state index contributed by atoms with van der Waals surface area (Å²) in [5.41, 5.74) is -0.108. The van der Waals surface area contributed by atoms with Crippen molar-refractivity contribution in [3.63, 3.8) is 0 Å². The van der Waals surface area contributed by atoms with Gasteiger partial charge >= 0.3 is 0 Å². The van der Waals surface area contributed by atoms with Gasteiger partial charge in [-0.25, -0.2) is 18.5 Å². The molecule has 0 amide bonds. The molecule has 10 heteroatoms. The molecule has 0 atom stereocenters. The summed E-state index contributed by atoms with van der Waals surface area (Å²) in [5.74, 6) is -0.175. The molecule has 0 saturated carbocycles. The van der Waals surface area contributed by atoms with Gasteiger partial charge < -0.3 is 4.74 Å². The first-order valence-corrected chi connectivity index (χ1v) is 7.66. The average molecular weight is 310 g/mol. The van der Waals surface area contributed by atoms with Gasteiger partial charge in [-0.05, 0) is 0 Å². The van der Waals surface area contributed by atoms with Gasteiger partial charge in [-0.3, -0.25) is 0 Å². The summed E-state index contributed by atoms with van der Waals surface area (Å²) in [6.45, 7) is 3.42. The lowest BCUT2D eigenvalue weighted by atomic mass is 9.98. The number of nitrogens with zero attached hydrogens (tertiary/aromatic N) is 5. The maximum atomic E-state index is 11.2. The Morgan fingerprint density at radius 3 is 2.86 bits per heavy atom. The molecule has 2 aromatic heterocycles. The highest BCUT2D eigenvalue weighted by atomic mass is 32.2. The van der Waals surface area contributed by atoms with Gasteiger partial charge in [0.05, 0.1) is 12.4 Å². The lowest BCUT2D eigenvalue weighted by Crippen LogP contribution is -2.33. The number of rotatable bonds is 5. The molecule has 0 aromatic carbocycles. The van der Waals surface area contributed by atoms with Crippen molar-refractivity contribution in [3.8, 4) is 11.9 Å². The molecule has 2 heterocycles. The standard InChI is InChI=1S/C11H14N6O3S/c1-11(2,6-21(13,18)19)5-20-10-8(4-12)3-9-14-7-15-17(9)16-10/h3,7H,5-6H2,1-2H3,(H2,13,18,19). The molecule has 0 radical (unpaired) electrons. The van der Waals surface area contributed by atoms with Crippen molar-refractivity contribution in [2.45, 2.75) is 13.8 Å². The molecular formula is C11H14N6O3S. The van der Waals surface area contributed by atoms with Crippen LogP contribution in [-0.4, -0.2) is 40.6 Å². The summed E-state index contributed by atoms with van der Waals surface area (Å²) in [5, 5.41) is 22.0. The van der Waals surface area contributed by atoms with Crippen LogP contribution < -0.4 is 9.88 Å². The molecule has 0 spiro atoms. The molecule has 0 bridgehead atoms. The van der Waals surface area contributed by atoms with E-state index in [0.29, 0.717) is 5.65 Å². The first-order valence-electron chi connectivity index (χ1n) is 5.95. The van der Waals surface area contributed by atoms with E-state index in [9.17, 15) is 8.42 Å². The zero-order chi connectivity index (χ0) is 15.7. The van der Waals surface area contributed by atoms with E-state index in [0.717, 1.165) is 0 Å². The molecular weight excluding hydrogens is 296 g/mol. The smallest absolute Gasteiger partial charge is 0.251 e. The van der Waals surface area contributed by atoms with Crippen molar-refractivity contribution < 1.29 is 13.2 Å². The maximum absolute atomic E-state index is 11.2. The van der Waals surface area contributed by atoms with Crippen LogP contribution in [0.4, 0.5) is 0 Å². The predicted molar refractivity (Wildman–Crippen MR) is 72.7 cm³/mol. The van der Waals surface area contributed by atoms with E-state index in [1.807, 2.05) is 6.07 Å². The number of hydrogen-bond acceptors (Lipinski definition) is 7. The van der Waals surface area contributed by atoms with Crippen LogP contribution in [0.5, 0.6) is 5.88 Å². The van der Waals surface area contributed by atoms with Crippen molar-refractivity contribution in [2.24, 2.45) is 10.6 Å². The van der Waals surface area contributed by atoms with Gasteiger partial charge in [0.15, 0.2) is 5.65 Å². The van der Waals surface area contributed by atoms with Gasteiger partial charge in [0.1, 0.15) is 18.0 Å². The minimum atomic E-state index is -3.62. The second-order valence-electron chi connectivity index (χ2n) is 5.34. The van der Waals surface area contributed by atoms with Crippen LogP contribution in [0.2, 0.25) is 0 Å². The Balaban J connectivity index is 2.21. The Hall–Kier alpha value is -2.25. The van der Waals surface area contributed by atoms with Crippen molar-refractivity contribution in [2.75, 3.05) is 12.4 Å². The molecule has 0 saturated heterocycles. The Labute approximate surface area is 121 Å². The van der Waals surface area contributed by atoms with Crippen LogP contribution in [-0.2, 0) is 10.0 Å². The molecule has 9 nitrogen and oxygen atoms in total. The Morgan fingerprint density at radius 1 is 1.52 bits per heavy atom. The van der Waals surface area contributed by atoms with Crippen LogP contribution in [0.25, 0.3) is 5.65 Å². The van der Waals surface area contributed by atoms with Crippen LogP contribution in [0.15, 0.2) is 12.4 Å². The largest absolute Gasteiger partial charge is 0.475 e. The highest BCUT2D eigenvalue weighted by Gasteiger charge is 2.26. The third-order valence-electron chi connectivity index (χ3n) is 2.56. The molecule has 0 aliphatic carbocycles. The van der Waals surface area contributed by atoms with Gasteiger partial charge in [0.2, 0.25) is 10.0 Å². The summed E-state index contributed by atoms with van der Waals surface area (Å²) in [7, 11) is -3.62. The minimum Gasteiger partial charge on any atom is -0.475 e. The van der Waals surface area contributed by atoms with E-state index in [1.54, 1.807) is 13.8 Å². The van der Waals surface area contributed by atoms with Crippen molar-refractivity contribution in [3.05, 3.63) is 18.0 Å². The fourth-order valence-corrected chi connectivity index (χ4v) is 2.96. The van der Waals surface area contributed by atoms with Gasteiger partial charge in [-0.15, -0.1) is 14.8 Å². The zero-order valence-electron chi connectivity index (χ0n) is 11.5. The highest BCUT2D eigenvalue weighted by molar-refractivity contribution is 7.89. The number of nitriles is 1. The molecule has 0 aliphatic rings. The van der Waals surface area contributed by atoms with Crippen LogP contribution in [0.3, 0.4) is 0 Å². The van der Waals surface area contributed by atoms with Crippen molar-refractivity contribution >= 4 is 15.7 Å². The van der Waals surface area contributed by atoms with Crippen molar-refractivity contribution in [1.82, 2.24) is 19.8 Å². The van der Waals surface area contributed by atoms with Gasteiger partial charge in [0.25, 0.3) is 5.88 Å². The normalized spacial score (nSPS) is 12.3. The quantitative estimate of drug-likeness (QED) is 0.799. The number of sulfonamides is 1.